The maximum atomic E-state index is 12.6. The maximum absolute atomic E-state index is 12.6. The van der Waals surface area contributed by atoms with Gasteiger partial charge in [-0.2, -0.15) is 13.2 Å². The molecule has 0 aliphatic rings. The number of aryl methyl sites for hydroxylation is 1. The van der Waals surface area contributed by atoms with E-state index < -0.39 is 18.2 Å². The molecule has 0 fully saturated rings. The highest BCUT2D eigenvalue weighted by Crippen LogP contribution is 2.29. The molecule has 0 atom stereocenters. The van der Waals surface area contributed by atoms with Gasteiger partial charge in [-0.15, -0.1) is 0 Å². The lowest BCUT2D eigenvalue weighted by Crippen LogP contribution is -2.23. The van der Waals surface area contributed by atoms with Crippen LogP contribution in [0.5, 0.6) is 0 Å². The predicted molar refractivity (Wildman–Crippen MR) is 73.8 cm³/mol. The van der Waals surface area contributed by atoms with Crippen LogP contribution in [0.3, 0.4) is 0 Å². The van der Waals surface area contributed by atoms with Crippen LogP contribution in [0, 0.1) is 0 Å². The van der Waals surface area contributed by atoms with E-state index >= 15 is 0 Å². The van der Waals surface area contributed by atoms with Crippen molar-refractivity contribution in [2.24, 2.45) is 0 Å². The summed E-state index contributed by atoms with van der Waals surface area (Å²) in [5.41, 5.74) is 0.0241. The zero-order chi connectivity index (χ0) is 15.7. The Bertz CT molecular complexity index is 407. The van der Waals surface area contributed by atoms with Crippen molar-refractivity contribution in [3.8, 4) is 0 Å². The molecule has 0 unspecified atom stereocenters. The van der Waals surface area contributed by atoms with E-state index in [-0.39, 0.29) is 9.76 Å². The van der Waals surface area contributed by atoms with Gasteiger partial charge in [-0.1, -0.05) is 18.2 Å². The summed E-state index contributed by atoms with van der Waals surface area (Å²) in [4.78, 5) is 0. The number of benzene rings is 1. The average molecular weight is 320 g/mol. The smallest absolute Gasteiger partial charge is 0.372 e. The number of hydrogen-bond acceptors (Lipinski definition) is 3. The molecule has 0 amide bonds. The molecule has 0 spiro atoms. The molecule has 21 heavy (non-hydrogen) atoms. The first-order valence-corrected chi connectivity index (χ1v) is 7.86. The Balaban J connectivity index is 2.38. The lowest BCUT2D eigenvalue weighted by Gasteiger charge is -2.16. The number of alkyl halides is 3. The highest BCUT2D eigenvalue weighted by Gasteiger charge is 2.30. The van der Waals surface area contributed by atoms with Crippen molar-refractivity contribution in [1.82, 2.24) is 0 Å². The first-order valence-electron chi connectivity index (χ1n) is 6.75. The fourth-order valence-corrected chi connectivity index (χ4v) is 2.39. The van der Waals surface area contributed by atoms with Crippen molar-refractivity contribution >= 4 is 9.76 Å². The molecule has 118 valence electrons. The minimum absolute atomic E-state index is 0.110. The molecule has 0 aliphatic heterocycles. The van der Waals surface area contributed by atoms with Crippen LogP contribution in [-0.4, -0.2) is 29.5 Å². The monoisotopic (exact) mass is 320 g/mol. The van der Waals surface area contributed by atoms with Crippen LogP contribution in [0.2, 0.25) is 6.04 Å². The van der Waals surface area contributed by atoms with E-state index in [1.807, 2.05) is 13.8 Å². The molecule has 0 heterocycles. The molecule has 1 aromatic carbocycles. The van der Waals surface area contributed by atoms with Gasteiger partial charge < -0.3 is 13.9 Å². The van der Waals surface area contributed by atoms with Crippen molar-refractivity contribution in [2.75, 3.05) is 13.2 Å². The van der Waals surface area contributed by atoms with Crippen molar-refractivity contribution in [2.45, 2.75) is 39.0 Å². The van der Waals surface area contributed by atoms with Crippen molar-refractivity contribution in [3.63, 3.8) is 0 Å². The first-order chi connectivity index (χ1) is 9.97. The van der Waals surface area contributed by atoms with Crippen molar-refractivity contribution in [3.05, 3.63) is 35.4 Å². The minimum Gasteiger partial charge on any atom is -0.372 e. The molecule has 0 aliphatic carbocycles. The van der Waals surface area contributed by atoms with Gasteiger partial charge in [0.15, 0.2) is 0 Å². The summed E-state index contributed by atoms with van der Waals surface area (Å²) < 4.78 is 53.6. The van der Waals surface area contributed by atoms with Crippen LogP contribution >= 0.6 is 0 Å². The number of hydrogen-bond donors (Lipinski definition) is 0. The van der Waals surface area contributed by atoms with Gasteiger partial charge in [0.1, 0.15) is 0 Å². The average Bonchev–Trinajstić information content (AvgIpc) is 2.43. The van der Waals surface area contributed by atoms with Gasteiger partial charge in [-0.3, -0.25) is 0 Å². The van der Waals surface area contributed by atoms with E-state index in [1.54, 1.807) is 6.07 Å². The summed E-state index contributed by atoms with van der Waals surface area (Å²) in [6, 6.07) is 5.97. The van der Waals surface area contributed by atoms with E-state index in [0.717, 1.165) is 6.07 Å². The quantitative estimate of drug-likeness (QED) is 0.395. The lowest BCUT2D eigenvalue weighted by atomic mass is 10.1. The summed E-state index contributed by atoms with van der Waals surface area (Å²) >= 11 is 0. The molecular formula is C14H19F3O3Si. The van der Waals surface area contributed by atoms with Crippen LogP contribution in [0.4, 0.5) is 13.2 Å². The predicted octanol–water partition coefficient (Wildman–Crippen LogP) is 3.66. The summed E-state index contributed by atoms with van der Waals surface area (Å²) in [7, 11) is 0.110. The third kappa shape index (κ3) is 7.08. The topological polar surface area (TPSA) is 27.7 Å². The first kappa shape index (κ1) is 18.2. The molecule has 0 saturated heterocycles. The number of halogens is 3. The Morgan fingerprint density at radius 2 is 1.81 bits per heavy atom. The van der Waals surface area contributed by atoms with E-state index in [2.05, 4.69) is 0 Å². The Morgan fingerprint density at radius 1 is 1.14 bits per heavy atom. The second-order valence-electron chi connectivity index (χ2n) is 4.16. The van der Waals surface area contributed by atoms with E-state index in [4.69, 9.17) is 13.9 Å². The van der Waals surface area contributed by atoms with Crippen LogP contribution in [0.1, 0.15) is 25.0 Å². The van der Waals surface area contributed by atoms with Gasteiger partial charge in [-0.25, -0.2) is 0 Å². The van der Waals surface area contributed by atoms with Crippen molar-refractivity contribution < 1.29 is 27.1 Å². The van der Waals surface area contributed by atoms with E-state index in [0.29, 0.717) is 31.2 Å². The zero-order valence-corrected chi connectivity index (χ0v) is 13.1. The Hall–Kier alpha value is -0.893. The van der Waals surface area contributed by atoms with Crippen LogP contribution in [0.25, 0.3) is 0 Å². The SMILES string of the molecule is CCOC(OCC)O[Si]CCc1cccc(C(F)(F)F)c1. The van der Waals surface area contributed by atoms with Crippen LogP contribution in [0.15, 0.2) is 24.3 Å². The Morgan fingerprint density at radius 3 is 2.38 bits per heavy atom. The number of rotatable bonds is 9. The van der Waals surface area contributed by atoms with Gasteiger partial charge in [0, 0.05) is 13.2 Å². The summed E-state index contributed by atoms with van der Waals surface area (Å²) in [5.74, 6) is 0. The largest absolute Gasteiger partial charge is 0.416 e. The van der Waals surface area contributed by atoms with Crippen molar-refractivity contribution in [1.29, 1.82) is 0 Å². The van der Waals surface area contributed by atoms with E-state index in [1.165, 1.54) is 12.1 Å². The van der Waals surface area contributed by atoms with Gasteiger partial charge in [0.2, 0.25) is 9.76 Å². The highest BCUT2D eigenvalue weighted by molar-refractivity contribution is 6.27. The van der Waals surface area contributed by atoms with Gasteiger partial charge >= 0.3 is 6.18 Å². The van der Waals surface area contributed by atoms with Gasteiger partial charge in [-0.05, 0) is 37.9 Å². The fraction of sp³-hybridized carbons (Fsp3) is 0.571. The molecule has 7 heteroatoms. The van der Waals surface area contributed by atoms with Gasteiger partial charge in [0.05, 0.1) is 5.56 Å². The number of ether oxygens (including phenoxy) is 2. The molecule has 1 aromatic rings. The molecule has 3 nitrogen and oxygen atoms in total. The molecular weight excluding hydrogens is 301 g/mol. The minimum atomic E-state index is -4.30. The lowest BCUT2D eigenvalue weighted by molar-refractivity contribution is -0.243. The molecule has 0 saturated carbocycles. The third-order valence-electron chi connectivity index (χ3n) is 2.56. The van der Waals surface area contributed by atoms with Gasteiger partial charge in [0.25, 0.3) is 6.48 Å². The second-order valence-corrected chi connectivity index (χ2v) is 5.18. The Kier molecular flexibility index (Phi) is 7.95. The summed E-state index contributed by atoms with van der Waals surface area (Å²) in [6.45, 7) is 3.92. The molecule has 0 aromatic heterocycles. The molecule has 2 radical (unpaired) electrons. The molecule has 0 bridgehead atoms. The summed E-state index contributed by atoms with van der Waals surface area (Å²) in [5, 5.41) is 0. The highest BCUT2D eigenvalue weighted by atomic mass is 28.2. The zero-order valence-electron chi connectivity index (χ0n) is 12.1. The molecule has 1 rings (SSSR count). The maximum Gasteiger partial charge on any atom is 0.416 e. The molecule has 0 N–H and O–H groups in total. The van der Waals surface area contributed by atoms with Crippen LogP contribution < -0.4 is 0 Å². The Labute approximate surface area is 125 Å². The van der Waals surface area contributed by atoms with Crippen LogP contribution in [-0.2, 0) is 26.5 Å². The normalized spacial score (nSPS) is 12.1. The summed E-state index contributed by atoms with van der Waals surface area (Å²) in [6.07, 6.45) is -3.78. The third-order valence-corrected chi connectivity index (χ3v) is 3.37. The fourth-order valence-electron chi connectivity index (χ4n) is 1.61. The van der Waals surface area contributed by atoms with E-state index in [9.17, 15) is 13.2 Å². The standard InChI is InChI=1S/C14H19F3O3Si/c1-3-18-13(19-4-2)20-21-9-8-11-6-5-7-12(10-11)14(15,16)17/h5-7,10,13H,3-4,8-9H2,1-2H3. The second kappa shape index (κ2) is 9.19.